The zero-order chi connectivity index (χ0) is 20.5. The lowest BCUT2D eigenvalue weighted by atomic mass is 10.0. The zero-order valence-electron chi connectivity index (χ0n) is 16.3. The van der Waals surface area contributed by atoms with Gasteiger partial charge in [0, 0.05) is 16.6 Å². The van der Waals surface area contributed by atoms with Crippen LogP contribution < -0.4 is 4.90 Å². The average Bonchev–Trinajstić information content (AvgIpc) is 3.32. The third-order valence-corrected chi connectivity index (χ3v) is 6.12. The van der Waals surface area contributed by atoms with Crippen LogP contribution in [-0.2, 0) is 9.59 Å². The van der Waals surface area contributed by atoms with E-state index in [9.17, 15) is 14.4 Å². The van der Waals surface area contributed by atoms with Gasteiger partial charge < -0.3 is 4.90 Å². The molecule has 1 heterocycles. The standard InChI is InChI=1S/C23H23ClN2O3/c1-15-6-2-5-9-19(15)22(28)25(17-7-3-4-8-17)20-14-21(27)26(23(20)29)18-12-10-16(24)11-13-18/h2,5-6,9-13,17,20H,3-4,7-8,14H2,1H3. The first kappa shape index (κ1) is 19.6. The molecule has 1 atom stereocenters. The van der Waals surface area contributed by atoms with Gasteiger partial charge in [0.05, 0.1) is 12.1 Å². The summed E-state index contributed by atoms with van der Waals surface area (Å²) >= 11 is 5.94. The fraction of sp³-hybridized carbons (Fsp3) is 0.348. The van der Waals surface area contributed by atoms with Gasteiger partial charge in [0.1, 0.15) is 6.04 Å². The van der Waals surface area contributed by atoms with E-state index in [4.69, 9.17) is 11.6 Å². The maximum Gasteiger partial charge on any atom is 0.257 e. The molecular formula is C23H23ClN2O3. The normalized spacial score (nSPS) is 19.8. The lowest BCUT2D eigenvalue weighted by Crippen LogP contribution is -2.50. The quantitative estimate of drug-likeness (QED) is 0.703. The van der Waals surface area contributed by atoms with E-state index in [1.807, 2.05) is 25.1 Å². The van der Waals surface area contributed by atoms with E-state index >= 15 is 0 Å². The maximum atomic E-state index is 13.5. The van der Waals surface area contributed by atoms with Gasteiger partial charge in [0.15, 0.2) is 0 Å². The molecule has 1 unspecified atom stereocenters. The van der Waals surface area contributed by atoms with E-state index in [-0.39, 0.29) is 30.2 Å². The molecule has 2 aromatic carbocycles. The van der Waals surface area contributed by atoms with E-state index in [1.54, 1.807) is 35.2 Å². The molecule has 2 aliphatic rings. The lowest BCUT2D eigenvalue weighted by molar-refractivity contribution is -0.123. The van der Waals surface area contributed by atoms with Crippen molar-refractivity contribution in [1.29, 1.82) is 0 Å². The molecule has 0 aromatic heterocycles. The second kappa shape index (κ2) is 7.99. The van der Waals surface area contributed by atoms with Gasteiger partial charge in [-0.15, -0.1) is 0 Å². The van der Waals surface area contributed by atoms with Crippen LogP contribution in [0.2, 0.25) is 5.02 Å². The van der Waals surface area contributed by atoms with E-state index in [0.717, 1.165) is 31.2 Å². The Bertz CT molecular complexity index is 951. The first-order valence-corrected chi connectivity index (χ1v) is 10.4. The van der Waals surface area contributed by atoms with Crippen LogP contribution in [0.25, 0.3) is 0 Å². The van der Waals surface area contributed by atoms with Crippen molar-refractivity contribution >= 4 is 35.0 Å². The molecule has 3 amide bonds. The third kappa shape index (κ3) is 3.67. The number of amides is 3. The predicted molar refractivity (Wildman–Crippen MR) is 112 cm³/mol. The highest BCUT2D eigenvalue weighted by Crippen LogP contribution is 2.33. The van der Waals surface area contributed by atoms with E-state index in [2.05, 4.69) is 0 Å². The SMILES string of the molecule is Cc1ccccc1C(=O)N(C1CCCC1)C1CC(=O)N(c2ccc(Cl)cc2)C1=O. The molecule has 150 valence electrons. The van der Waals surface area contributed by atoms with Gasteiger partial charge in [-0.25, -0.2) is 4.90 Å². The Balaban J connectivity index is 1.69. The summed E-state index contributed by atoms with van der Waals surface area (Å²) in [6, 6.07) is 13.2. The summed E-state index contributed by atoms with van der Waals surface area (Å²) in [6.07, 6.45) is 3.78. The largest absolute Gasteiger partial charge is 0.323 e. The zero-order valence-corrected chi connectivity index (χ0v) is 17.1. The van der Waals surface area contributed by atoms with Crippen molar-refractivity contribution in [2.24, 2.45) is 0 Å². The number of hydrogen-bond acceptors (Lipinski definition) is 3. The maximum absolute atomic E-state index is 13.5. The lowest BCUT2D eigenvalue weighted by Gasteiger charge is -2.33. The summed E-state index contributed by atoms with van der Waals surface area (Å²) in [6.45, 7) is 1.89. The van der Waals surface area contributed by atoms with Crippen LogP contribution in [0, 0.1) is 6.92 Å². The number of rotatable bonds is 4. The summed E-state index contributed by atoms with van der Waals surface area (Å²) in [4.78, 5) is 42.4. The van der Waals surface area contributed by atoms with Crippen molar-refractivity contribution in [2.75, 3.05) is 4.90 Å². The Hall–Kier alpha value is -2.66. The molecule has 6 heteroatoms. The van der Waals surface area contributed by atoms with Crippen molar-refractivity contribution < 1.29 is 14.4 Å². The van der Waals surface area contributed by atoms with E-state index in [1.165, 1.54) is 4.90 Å². The van der Waals surface area contributed by atoms with Gasteiger partial charge in [-0.05, 0) is 55.7 Å². The Kier molecular flexibility index (Phi) is 5.41. The van der Waals surface area contributed by atoms with Gasteiger partial charge in [0.2, 0.25) is 5.91 Å². The molecule has 1 saturated carbocycles. The molecule has 2 fully saturated rings. The summed E-state index contributed by atoms with van der Waals surface area (Å²) in [5.74, 6) is -0.798. The molecule has 0 bridgehead atoms. The second-order valence-electron chi connectivity index (χ2n) is 7.73. The number of hydrogen-bond donors (Lipinski definition) is 0. The van der Waals surface area contributed by atoms with Crippen molar-refractivity contribution in [3.63, 3.8) is 0 Å². The Morgan fingerprint density at radius 3 is 2.34 bits per heavy atom. The minimum absolute atomic E-state index is 0.00950. The topological polar surface area (TPSA) is 57.7 Å². The van der Waals surface area contributed by atoms with Crippen molar-refractivity contribution in [2.45, 2.75) is 51.1 Å². The van der Waals surface area contributed by atoms with Crippen molar-refractivity contribution in [3.8, 4) is 0 Å². The molecule has 2 aromatic rings. The molecule has 0 radical (unpaired) electrons. The highest BCUT2D eigenvalue weighted by Gasteiger charge is 2.47. The molecule has 1 aliphatic carbocycles. The summed E-state index contributed by atoms with van der Waals surface area (Å²) in [7, 11) is 0. The molecule has 0 spiro atoms. The number of benzene rings is 2. The minimum atomic E-state index is -0.770. The van der Waals surface area contributed by atoms with Gasteiger partial charge in [-0.1, -0.05) is 42.6 Å². The highest BCUT2D eigenvalue weighted by molar-refractivity contribution is 6.31. The number of carbonyl (C=O) groups is 3. The highest BCUT2D eigenvalue weighted by atomic mass is 35.5. The third-order valence-electron chi connectivity index (χ3n) is 5.87. The van der Waals surface area contributed by atoms with Crippen LogP contribution in [-0.4, -0.2) is 34.7 Å². The smallest absolute Gasteiger partial charge is 0.257 e. The number of nitrogens with zero attached hydrogens (tertiary/aromatic N) is 2. The van der Waals surface area contributed by atoms with Gasteiger partial charge in [-0.2, -0.15) is 0 Å². The number of halogens is 1. The fourth-order valence-electron chi connectivity index (χ4n) is 4.39. The summed E-state index contributed by atoms with van der Waals surface area (Å²) in [5, 5.41) is 0.534. The van der Waals surface area contributed by atoms with Crippen LogP contribution >= 0.6 is 11.6 Å². The molecule has 29 heavy (non-hydrogen) atoms. The Morgan fingerprint density at radius 2 is 1.69 bits per heavy atom. The molecule has 0 N–H and O–H groups in total. The van der Waals surface area contributed by atoms with Crippen LogP contribution in [0.3, 0.4) is 0 Å². The fourth-order valence-corrected chi connectivity index (χ4v) is 4.52. The van der Waals surface area contributed by atoms with Crippen LogP contribution in [0.5, 0.6) is 0 Å². The van der Waals surface area contributed by atoms with Gasteiger partial charge in [-0.3, -0.25) is 14.4 Å². The molecule has 1 saturated heterocycles. The number of aryl methyl sites for hydroxylation is 1. The Labute approximate surface area is 175 Å². The molecule has 1 aliphatic heterocycles. The minimum Gasteiger partial charge on any atom is -0.323 e. The average molecular weight is 411 g/mol. The number of imide groups is 1. The Morgan fingerprint density at radius 1 is 1.03 bits per heavy atom. The first-order valence-electron chi connectivity index (χ1n) is 9.98. The monoisotopic (exact) mass is 410 g/mol. The van der Waals surface area contributed by atoms with Gasteiger partial charge in [0.25, 0.3) is 11.8 Å². The molecule has 4 rings (SSSR count). The second-order valence-corrected chi connectivity index (χ2v) is 8.17. The predicted octanol–water partition coefficient (Wildman–Crippen LogP) is 4.37. The molecule has 5 nitrogen and oxygen atoms in total. The van der Waals surface area contributed by atoms with Crippen molar-refractivity contribution in [1.82, 2.24) is 4.90 Å². The number of anilines is 1. The van der Waals surface area contributed by atoms with Crippen LogP contribution in [0.15, 0.2) is 48.5 Å². The first-order chi connectivity index (χ1) is 14.0. The van der Waals surface area contributed by atoms with Crippen LogP contribution in [0.4, 0.5) is 5.69 Å². The van der Waals surface area contributed by atoms with E-state index < -0.39 is 6.04 Å². The van der Waals surface area contributed by atoms with Gasteiger partial charge >= 0.3 is 0 Å². The van der Waals surface area contributed by atoms with Crippen LogP contribution in [0.1, 0.15) is 48.0 Å². The number of carbonyl (C=O) groups excluding carboxylic acids is 3. The molecular weight excluding hydrogens is 388 g/mol. The summed E-state index contributed by atoms with van der Waals surface area (Å²) < 4.78 is 0. The van der Waals surface area contributed by atoms with E-state index in [0.29, 0.717) is 16.3 Å². The summed E-state index contributed by atoms with van der Waals surface area (Å²) in [5.41, 5.74) is 1.94. The van der Waals surface area contributed by atoms with Crippen molar-refractivity contribution in [3.05, 3.63) is 64.7 Å².